The van der Waals surface area contributed by atoms with Gasteiger partial charge in [0.2, 0.25) is 0 Å². The largest absolute Gasteiger partial charge is 0.450 e. The van der Waals surface area contributed by atoms with Crippen molar-refractivity contribution in [2.24, 2.45) is 11.8 Å². The zero-order valence-electron chi connectivity index (χ0n) is 13.4. The molecule has 4 rings (SSSR count). The van der Waals surface area contributed by atoms with E-state index in [0.29, 0.717) is 42.9 Å². The Morgan fingerprint density at radius 2 is 1.50 bits per heavy atom. The Balaban J connectivity index is 1.33. The van der Waals surface area contributed by atoms with E-state index in [1.807, 2.05) is 11.8 Å². The molecule has 2 saturated heterocycles. The van der Waals surface area contributed by atoms with Gasteiger partial charge in [0, 0.05) is 13.1 Å². The van der Waals surface area contributed by atoms with E-state index in [4.69, 9.17) is 14.2 Å². The van der Waals surface area contributed by atoms with Crippen LogP contribution in [0.1, 0.15) is 45.4 Å². The van der Waals surface area contributed by atoms with Crippen molar-refractivity contribution in [2.75, 3.05) is 19.7 Å². The third-order valence-corrected chi connectivity index (χ3v) is 5.71. The molecule has 22 heavy (non-hydrogen) atoms. The minimum absolute atomic E-state index is 0.139. The SMILES string of the molecule is CCOC(=O)N(CC1CCC2OC2C1)CC1CCC2OC2C1. The topological polar surface area (TPSA) is 54.6 Å². The molecule has 0 aromatic rings. The summed E-state index contributed by atoms with van der Waals surface area (Å²) in [6, 6.07) is 0. The monoisotopic (exact) mass is 309 g/mol. The van der Waals surface area contributed by atoms with Crippen LogP contribution in [-0.4, -0.2) is 55.1 Å². The van der Waals surface area contributed by atoms with Gasteiger partial charge in [-0.3, -0.25) is 0 Å². The van der Waals surface area contributed by atoms with Crippen LogP contribution < -0.4 is 0 Å². The molecule has 2 saturated carbocycles. The first kappa shape index (κ1) is 14.8. The van der Waals surface area contributed by atoms with E-state index in [9.17, 15) is 4.79 Å². The average Bonchev–Trinajstić information content (AvgIpc) is 3.40. The van der Waals surface area contributed by atoms with Gasteiger partial charge in [-0.2, -0.15) is 0 Å². The molecular formula is C17H27NO4. The van der Waals surface area contributed by atoms with Crippen molar-refractivity contribution < 1.29 is 19.0 Å². The summed E-state index contributed by atoms with van der Waals surface area (Å²) >= 11 is 0. The van der Waals surface area contributed by atoms with Crippen molar-refractivity contribution in [2.45, 2.75) is 69.9 Å². The number of amides is 1. The predicted molar refractivity (Wildman–Crippen MR) is 80.6 cm³/mol. The third-order valence-electron chi connectivity index (χ3n) is 5.71. The molecular weight excluding hydrogens is 282 g/mol. The fourth-order valence-electron chi connectivity index (χ4n) is 4.37. The van der Waals surface area contributed by atoms with Crippen molar-refractivity contribution >= 4 is 6.09 Å². The zero-order chi connectivity index (χ0) is 15.1. The van der Waals surface area contributed by atoms with Gasteiger partial charge in [-0.1, -0.05) is 0 Å². The Labute approximate surface area is 132 Å². The second kappa shape index (κ2) is 6.00. The number of carbonyl (C=O) groups is 1. The average molecular weight is 309 g/mol. The van der Waals surface area contributed by atoms with Crippen molar-refractivity contribution in [3.63, 3.8) is 0 Å². The van der Waals surface area contributed by atoms with Gasteiger partial charge < -0.3 is 19.1 Å². The van der Waals surface area contributed by atoms with Crippen LogP contribution in [0, 0.1) is 11.8 Å². The summed E-state index contributed by atoms with van der Waals surface area (Å²) in [6.45, 7) is 3.99. The number of hydrogen-bond donors (Lipinski definition) is 0. The van der Waals surface area contributed by atoms with Crippen LogP contribution in [-0.2, 0) is 14.2 Å². The molecule has 2 aliphatic heterocycles. The van der Waals surface area contributed by atoms with Crippen molar-refractivity contribution in [3.05, 3.63) is 0 Å². The molecule has 5 nitrogen and oxygen atoms in total. The summed E-state index contributed by atoms with van der Waals surface area (Å²) in [5.74, 6) is 1.14. The molecule has 6 atom stereocenters. The Kier molecular flexibility index (Phi) is 4.03. The summed E-state index contributed by atoms with van der Waals surface area (Å²) in [7, 11) is 0. The lowest BCUT2D eigenvalue weighted by Gasteiger charge is -2.31. The summed E-state index contributed by atoms with van der Waals surface area (Å²) in [5.41, 5.74) is 0. The molecule has 1 amide bonds. The van der Waals surface area contributed by atoms with Gasteiger partial charge in [-0.25, -0.2) is 4.79 Å². The second-order valence-corrected chi connectivity index (χ2v) is 7.39. The van der Waals surface area contributed by atoms with Crippen molar-refractivity contribution in [1.82, 2.24) is 4.90 Å². The van der Waals surface area contributed by atoms with Crippen LogP contribution in [0.2, 0.25) is 0 Å². The van der Waals surface area contributed by atoms with Gasteiger partial charge in [-0.05, 0) is 57.3 Å². The van der Waals surface area contributed by atoms with Crippen LogP contribution in [0.15, 0.2) is 0 Å². The van der Waals surface area contributed by atoms with E-state index in [0.717, 1.165) is 38.8 Å². The first-order valence-corrected chi connectivity index (χ1v) is 8.95. The summed E-state index contributed by atoms with van der Waals surface area (Å²) in [5, 5.41) is 0. The van der Waals surface area contributed by atoms with Crippen molar-refractivity contribution in [1.29, 1.82) is 0 Å². The smallest absolute Gasteiger partial charge is 0.409 e. The van der Waals surface area contributed by atoms with Crippen LogP contribution in [0.3, 0.4) is 0 Å². The molecule has 124 valence electrons. The highest BCUT2D eigenvalue weighted by atomic mass is 16.6. The standard InChI is InChI=1S/C17H27NO4/c1-2-20-17(19)18(9-11-3-5-13-15(7-11)21-13)10-12-4-6-14-16(8-12)22-14/h11-16H,2-10H2,1H3. The molecule has 0 N–H and O–H groups in total. The van der Waals surface area contributed by atoms with Crippen LogP contribution in [0.25, 0.3) is 0 Å². The van der Waals surface area contributed by atoms with Gasteiger partial charge in [0.1, 0.15) is 0 Å². The molecule has 4 aliphatic rings. The molecule has 2 heterocycles. The maximum Gasteiger partial charge on any atom is 0.409 e. The predicted octanol–water partition coefficient (Wildman–Crippen LogP) is 2.58. The van der Waals surface area contributed by atoms with Gasteiger partial charge in [0.25, 0.3) is 0 Å². The zero-order valence-corrected chi connectivity index (χ0v) is 13.4. The first-order chi connectivity index (χ1) is 10.7. The van der Waals surface area contributed by atoms with E-state index in [1.54, 1.807) is 0 Å². The molecule has 0 aromatic carbocycles. The van der Waals surface area contributed by atoms with Gasteiger partial charge >= 0.3 is 6.09 Å². The van der Waals surface area contributed by atoms with E-state index in [1.165, 1.54) is 12.8 Å². The highest BCUT2D eigenvalue weighted by Gasteiger charge is 2.46. The van der Waals surface area contributed by atoms with E-state index in [-0.39, 0.29) is 6.09 Å². The first-order valence-electron chi connectivity index (χ1n) is 8.95. The van der Waals surface area contributed by atoms with Gasteiger partial charge in [0.15, 0.2) is 0 Å². The normalized spacial score (nSPS) is 42.0. The minimum Gasteiger partial charge on any atom is -0.450 e. The molecule has 0 aromatic heterocycles. The lowest BCUT2D eigenvalue weighted by molar-refractivity contribution is 0.0877. The molecule has 0 radical (unpaired) electrons. The lowest BCUT2D eigenvalue weighted by atomic mass is 9.87. The Morgan fingerprint density at radius 3 is 1.95 bits per heavy atom. The van der Waals surface area contributed by atoms with Crippen LogP contribution in [0.5, 0.6) is 0 Å². The molecule has 5 heteroatoms. The lowest BCUT2D eigenvalue weighted by Crippen LogP contribution is -2.41. The number of carbonyl (C=O) groups excluding carboxylic acids is 1. The van der Waals surface area contributed by atoms with Crippen LogP contribution >= 0.6 is 0 Å². The summed E-state index contributed by atoms with van der Waals surface area (Å²) in [6.07, 6.45) is 8.74. The number of fused-ring (bicyclic) bond motifs is 2. The van der Waals surface area contributed by atoms with Crippen molar-refractivity contribution in [3.8, 4) is 0 Å². The number of epoxide rings is 2. The molecule has 0 spiro atoms. The fraction of sp³-hybridized carbons (Fsp3) is 0.941. The second-order valence-electron chi connectivity index (χ2n) is 7.39. The molecule has 2 aliphatic carbocycles. The minimum atomic E-state index is -0.139. The number of nitrogens with zero attached hydrogens (tertiary/aromatic N) is 1. The maximum absolute atomic E-state index is 12.3. The quantitative estimate of drug-likeness (QED) is 0.733. The molecule has 0 bridgehead atoms. The Morgan fingerprint density at radius 1 is 0.955 bits per heavy atom. The fourth-order valence-corrected chi connectivity index (χ4v) is 4.37. The molecule has 6 unspecified atom stereocenters. The van der Waals surface area contributed by atoms with E-state index < -0.39 is 0 Å². The summed E-state index contributed by atoms with van der Waals surface area (Å²) < 4.78 is 16.5. The maximum atomic E-state index is 12.3. The van der Waals surface area contributed by atoms with E-state index in [2.05, 4.69) is 0 Å². The number of rotatable bonds is 5. The summed E-state index contributed by atoms with van der Waals surface area (Å²) in [4.78, 5) is 14.3. The van der Waals surface area contributed by atoms with Crippen LogP contribution in [0.4, 0.5) is 4.79 Å². The Hall–Kier alpha value is -0.810. The molecule has 4 fully saturated rings. The van der Waals surface area contributed by atoms with E-state index >= 15 is 0 Å². The third kappa shape index (κ3) is 3.25. The number of hydrogen-bond acceptors (Lipinski definition) is 4. The van der Waals surface area contributed by atoms with Gasteiger partial charge in [0.05, 0.1) is 31.0 Å². The Bertz CT molecular complexity index is 399. The highest BCUT2D eigenvalue weighted by Crippen LogP contribution is 2.41. The van der Waals surface area contributed by atoms with Gasteiger partial charge in [-0.15, -0.1) is 0 Å². The highest BCUT2D eigenvalue weighted by molar-refractivity contribution is 5.67. The number of ether oxygens (including phenoxy) is 3.